The second-order valence-corrected chi connectivity index (χ2v) is 5.96. The molecule has 0 amide bonds. The fourth-order valence-electron chi connectivity index (χ4n) is 1.63. The van der Waals surface area contributed by atoms with E-state index in [-0.39, 0.29) is 0 Å². The van der Waals surface area contributed by atoms with E-state index in [0.29, 0.717) is 10.8 Å². The molecular formula is C14H11F3N2O4S. The lowest BCUT2D eigenvalue weighted by Gasteiger charge is -1.98. The lowest BCUT2D eigenvalue weighted by atomic mass is 10.2. The van der Waals surface area contributed by atoms with Gasteiger partial charge in [0.25, 0.3) is 0 Å². The predicted molar refractivity (Wildman–Crippen MR) is 78.0 cm³/mol. The van der Waals surface area contributed by atoms with Crippen LogP contribution in [0.3, 0.4) is 0 Å². The highest BCUT2D eigenvalue weighted by molar-refractivity contribution is 7.17. The van der Waals surface area contributed by atoms with Crippen LogP contribution in [0.1, 0.15) is 34.3 Å². The number of carbonyl (C=O) groups is 2. The lowest BCUT2D eigenvalue weighted by molar-refractivity contribution is -0.192. The summed E-state index contributed by atoms with van der Waals surface area (Å²) in [7, 11) is 0. The van der Waals surface area contributed by atoms with Gasteiger partial charge in [-0.25, -0.2) is 19.6 Å². The summed E-state index contributed by atoms with van der Waals surface area (Å²) in [6, 6.07) is 3.40. The van der Waals surface area contributed by atoms with Gasteiger partial charge in [0.05, 0.1) is 0 Å². The van der Waals surface area contributed by atoms with Crippen molar-refractivity contribution < 1.29 is 33.0 Å². The molecule has 0 aromatic carbocycles. The Labute approximate surface area is 137 Å². The summed E-state index contributed by atoms with van der Waals surface area (Å²) in [5.41, 5.74) is 0.881. The van der Waals surface area contributed by atoms with Gasteiger partial charge in [0.15, 0.2) is 0 Å². The van der Waals surface area contributed by atoms with E-state index in [1.807, 2.05) is 0 Å². The molecule has 0 bridgehead atoms. The van der Waals surface area contributed by atoms with Crippen LogP contribution in [0.25, 0.3) is 10.4 Å². The molecule has 0 saturated heterocycles. The maximum atomic E-state index is 10.8. The molecule has 0 radical (unpaired) electrons. The van der Waals surface area contributed by atoms with Crippen molar-refractivity contribution in [3.8, 4) is 10.4 Å². The third kappa shape index (κ3) is 4.75. The topological polar surface area (TPSA) is 100 Å². The zero-order chi connectivity index (χ0) is 17.9. The van der Waals surface area contributed by atoms with Gasteiger partial charge in [0, 0.05) is 28.8 Å². The lowest BCUT2D eigenvalue weighted by Crippen LogP contribution is -2.21. The van der Waals surface area contributed by atoms with Crippen LogP contribution in [-0.2, 0) is 4.79 Å². The van der Waals surface area contributed by atoms with Crippen LogP contribution >= 0.6 is 11.3 Å². The highest BCUT2D eigenvalue weighted by atomic mass is 32.1. The maximum absolute atomic E-state index is 10.8. The Morgan fingerprint density at radius 3 is 2.04 bits per heavy atom. The van der Waals surface area contributed by atoms with Crippen LogP contribution in [0.2, 0.25) is 0 Å². The van der Waals surface area contributed by atoms with Gasteiger partial charge in [-0.1, -0.05) is 0 Å². The zero-order valence-corrected chi connectivity index (χ0v) is 12.8. The smallest absolute Gasteiger partial charge is 0.477 e. The Morgan fingerprint density at radius 1 is 1.12 bits per heavy atom. The van der Waals surface area contributed by atoms with Crippen molar-refractivity contribution in [2.75, 3.05) is 0 Å². The quantitative estimate of drug-likeness (QED) is 0.870. The summed E-state index contributed by atoms with van der Waals surface area (Å²) in [4.78, 5) is 29.5. The van der Waals surface area contributed by atoms with Gasteiger partial charge in [0.2, 0.25) is 0 Å². The second-order valence-electron chi connectivity index (χ2n) is 4.88. The number of hydrogen-bond acceptors (Lipinski definition) is 5. The molecule has 1 saturated carbocycles. The summed E-state index contributed by atoms with van der Waals surface area (Å²) in [5, 5.41) is 16.0. The van der Waals surface area contributed by atoms with Crippen LogP contribution in [0.4, 0.5) is 13.2 Å². The summed E-state index contributed by atoms with van der Waals surface area (Å²) < 4.78 is 31.7. The van der Waals surface area contributed by atoms with Crippen molar-refractivity contribution in [1.29, 1.82) is 0 Å². The molecule has 2 aromatic rings. The molecule has 2 aromatic heterocycles. The van der Waals surface area contributed by atoms with E-state index < -0.39 is 18.1 Å². The van der Waals surface area contributed by atoms with Gasteiger partial charge in [-0.15, -0.1) is 11.3 Å². The Hall–Kier alpha value is -2.49. The molecule has 10 heteroatoms. The van der Waals surface area contributed by atoms with Crippen LogP contribution in [-0.4, -0.2) is 38.3 Å². The molecule has 128 valence electrons. The normalized spacial score (nSPS) is 13.8. The molecule has 1 aliphatic carbocycles. The number of carboxylic acids is 2. The maximum Gasteiger partial charge on any atom is 0.490 e. The molecule has 24 heavy (non-hydrogen) atoms. The number of aromatic carboxylic acids is 1. The minimum Gasteiger partial charge on any atom is -0.477 e. The number of hydrogen-bond donors (Lipinski definition) is 2. The van der Waals surface area contributed by atoms with Crippen molar-refractivity contribution >= 4 is 23.3 Å². The minimum absolute atomic E-state index is 0.339. The van der Waals surface area contributed by atoms with Crippen molar-refractivity contribution in [1.82, 2.24) is 9.97 Å². The van der Waals surface area contributed by atoms with Gasteiger partial charge in [0.1, 0.15) is 10.7 Å². The van der Waals surface area contributed by atoms with Crippen molar-refractivity contribution in [3.63, 3.8) is 0 Å². The molecule has 2 heterocycles. The second kappa shape index (κ2) is 6.95. The van der Waals surface area contributed by atoms with Crippen LogP contribution in [0, 0.1) is 0 Å². The third-order valence-corrected chi connectivity index (χ3v) is 4.08. The average Bonchev–Trinajstić information content (AvgIpc) is 3.23. The Morgan fingerprint density at radius 2 is 1.67 bits per heavy atom. The zero-order valence-electron chi connectivity index (χ0n) is 11.9. The number of carboxylic acid groups (broad SMARTS) is 2. The molecule has 3 rings (SSSR count). The minimum atomic E-state index is -5.08. The number of thiophene rings is 1. The van der Waals surface area contributed by atoms with E-state index in [2.05, 4.69) is 9.97 Å². The standard InChI is InChI=1S/C12H10N2O2S.C2HF3O2/c15-12(16)10-4-3-9(17-10)8-5-13-11(14-6-8)7-1-2-7;3-2(4,5)1(6)7/h3-7H,1-2H2,(H,15,16);(H,6,7). The van der Waals surface area contributed by atoms with E-state index >= 15 is 0 Å². The van der Waals surface area contributed by atoms with Gasteiger partial charge in [-0.2, -0.15) is 13.2 Å². The fourth-order valence-corrected chi connectivity index (χ4v) is 2.45. The van der Waals surface area contributed by atoms with E-state index in [4.69, 9.17) is 15.0 Å². The summed E-state index contributed by atoms with van der Waals surface area (Å²) in [5.74, 6) is -2.20. The fraction of sp³-hybridized carbons (Fsp3) is 0.286. The first-order chi connectivity index (χ1) is 11.2. The van der Waals surface area contributed by atoms with Gasteiger partial charge in [-0.05, 0) is 25.0 Å². The largest absolute Gasteiger partial charge is 0.490 e. The van der Waals surface area contributed by atoms with Crippen molar-refractivity contribution in [2.24, 2.45) is 0 Å². The highest BCUT2D eigenvalue weighted by Crippen LogP contribution is 2.38. The van der Waals surface area contributed by atoms with Crippen molar-refractivity contribution in [2.45, 2.75) is 24.9 Å². The summed E-state index contributed by atoms with van der Waals surface area (Å²) in [6.07, 6.45) is 0.833. The van der Waals surface area contributed by atoms with Gasteiger partial charge >= 0.3 is 18.1 Å². The molecule has 1 fully saturated rings. The Balaban J connectivity index is 0.000000256. The SMILES string of the molecule is O=C(O)C(F)(F)F.O=C(O)c1ccc(-c2cnc(C3CC3)nc2)s1. The number of rotatable bonds is 3. The van der Waals surface area contributed by atoms with Crippen molar-refractivity contribution in [3.05, 3.63) is 35.2 Å². The Bertz CT molecular complexity index is 739. The molecule has 0 atom stereocenters. The van der Waals surface area contributed by atoms with Gasteiger partial charge < -0.3 is 10.2 Å². The van der Waals surface area contributed by atoms with Crippen LogP contribution < -0.4 is 0 Å². The van der Waals surface area contributed by atoms with E-state index in [1.54, 1.807) is 24.5 Å². The van der Waals surface area contributed by atoms with Gasteiger partial charge in [-0.3, -0.25) is 0 Å². The monoisotopic (exact) mass is 360 g/mol. The highest BCUT2D eigenvalue weighted by Gasteiger charge is 2.38. The molecule has 2 N–H and O–H groups in total. The summed E-state index contributed by atoms with van der Waals surface area (Å²) in [6.45, 7) is 0. The number of aromatic nitrogens is 2. The third-order valence-electron chi connectivity index (χ3n) is 2.96. The molecule has 0 unspecified atom stereocenters. The van der Waals surface area contributed by atoms with E-state index in [0.717, 1.165) is 16.3 Å². The molecule has 0 spiro atoms. The first-order valence-corrected chi connectivity index (χ1v) is 7.45. The van der Waals surface area contributed by atoms with E-state index in [1.165, 1.54) is 24.2 Å². The number of halogens is 3. The van der Waals surface area contributed by atoms with Crippen LogP contribution in [0.5, 0.6) is 0 Å². The Kier molecular flexibility index (Phi) is 5.17. The molecule has 1 aliphatic rings. The molecule has 0 aliphatic heterocycles. The first-order valence-electron chi connectivity index (χ1n) is 6.64. The summed E-state index contributed by atoms with van der Waals surface area (Å²) >= 11 is 1.24. The molecular weight excluding hydrogens is 349 g/mol. The predicted octanol–water partition coefficient (Wildman–Crippen LogP) is 3.41. The first kappa shape index (κ1) is 17.9. The molecule has 6 nitrogen and oxygen atoms in total. The number of nitrogens with zero attached hydrogens (tertiary/aromatic N) is 2. The number of alkyl halides is 3. The van der Waals surface area contributed by atoms with E-state index in [9.17, 15) is 18.0 Å². The number of aliphatic carboxylic acids is 1. The van der Waals surface area contributed by atoms with Crippen LogP contribution in [0.15, 0.2) is 24.5 Å². The average molecular weight is 360 g/mol.